The molecule has 29 heavy (non-hydrogen) atoms. The number of hydrogen-bond acceptors (Lipinski definition) is 5. The third-order valence-corrected chi connectivity index (χ3v) is 6.08. The van der Waals surface area contributed by atoms with E-state index in [0.29, 0.717) is 24.2 Å². The van der Waals surface area contributed by atoms with Crippen molar-refractivity contribution in [3.8, 4) is 0 Å². The quantitative estimate of drug-likeness (QED) is 0.588. The molecular formula is C21H27FN2O4S. The smallest absolute Gasteiger partial charge is 0.254 e. The Morgan fingerprint density at radius 3 is 2.34 bits per heavy atom. The van der Waals surface area contributed by atoms with Crippen molar-refractivity contribution in [2.75, 3.05) is 46.7 Å². The number of ether oxygens (including phenoxy) is 1. The number of sulfone groups is 1. The summed E-state index contributed by atoms with van der Waals surface area (Å²) in [7, 11) is 1.80. The van der Waals surface area contributed by atoms with Crippen LogP contribution in [-0.2, 0) is 21.1 Å². The lowest BCUT2D eigenvalue weighted by Gasteiger charge is -2.25. The highest BCUT2D eigenvalue weighted by Crippen LogP contribution is 2.16. The number of nitrogens with zero attached hydrogens (tertiary/aromatic N) is 2. The van der Waals surface area contributed by atoms with Gasteiger partial charge in [0.25, 0.3) is 5.91 Å². The molecule has 1 amide bonds. The molecule has 158 valence electrons. The number of carbonyl (C=O) groups is 1. The van der Waals surface area contributed by atoms with Crippen molar-refractivity contribution in [1.82, 2.24) is 9.80 Å². The Morgan fingerprint density at radius 1 is 1.07 bits per heavy atom. The number of benzene rings is 2. The summed E-state index contributed by atoms with van der Waals surface area (Å²) in [6, 6.07) is 12.0. The first-order valence-corrected chi connectivity index (χ1v) is 10.9. The molecule has 2 aromatic carbocycles. The third kappa shape index (κ3) is 6.92. The summed E-state index contributed by atoms with van der Waals surface area (Å²) >= 11 is 0. The van der Waals surface area contributed by atoms with Gasteiger partial charge < -0.3 is 14.5 Å². The highest BCUT2D eigenvalue weighted by molar-refractivity contribution is 7.91. The van der Waals surface area contributed by atoms with E-state index >= 15 is 0 Å². The van der Waals surface area contributed by atoms with Gasteiger partial charge in [0.2, 0.25) is 0 Å². The molecule has 2 aromatic rings. The van der Waals surface area contributed by atoms with Crippen molar-refractivity contribution in [1.29, 1.82) is 0 Å². The summed E-state index contributed by atoms with van der Waals surface area (Å²) in [6.45, 7) is 1.47. The van der Waals surface area contributed by atoms with E-state index in [4.69, 9.17) is 4.74 Å². The number of carbonyl (C=O) groups excluding carboxylic acids is 1. The lowest BCUT2D eigenvalue weighted by Crippen LogP contribution is -2.36. The SMILES string of the molecule is COCCS(=O)(=O)c1ccc(C(=O)N(CCN(C)C)Cc2cccc(F)c2)cc1. The average molecular weight is 423 g/mol. The molecule has 2 rings (SSSR count). The predicted octanol–water partition coefficient (Wildman–Crippen LogP) is 2.45. The highest BCUT2D eigenvalue weighted by atomic mass is 32.2. The molecule has 0 atom stereocenters. The summed E-state index contributed by atoms with van der Waals surface area (Å²) in [5, 5.41) is 0. The van der Waals surface area contributed by atoms with Gasteiger partial charge in [0.05, 0.1) is 17.3 Å². The maximum Gasteiger partial charge on any atom is 0.254 e. The summed E-state index contributed by atoms with van der Waals surface area (Å²) < 4.78 is 42.8. The Labute approximate surface area is 171 Å². The number of methoxy groups -OCH3 is 1. The second kappa shape index (κ2) is 10.5. The van der Waals surface area contributed by atoms with E-state index in [2.05, 4.69) is 0 Å². The third-order valence-electron chi connectivity index (χ3n) is 4.38. The van der Waals surface area contributed by atoms with Crippen LogP contribution in [0.1, 0.15) is 15.9 Å². The fourth-order valence-electron chi connectivity index (χ4n) is 2.73. The number of rotatable bonds is 10. The second-order valence-corrected chi connectivity index (χ2v) is 9.11. The van der Waals surface area contributed by atoms with Crippen molar-refractivity contribution < 1.29 is 22.3 Å². The molecule has 0 unspecified atom stereocenters. The predicted molar refractivity (Wildman–Crippen MR) is 110 cm³/mol. The number of likely N-dealkylation sites (N-methyl/N-ethyl adjacent to an activating group) is 1. The summed E-state index contributed by atoms with van der Waals surface area (Å²) in [5.41, 5.74) is 1.07. The Morgan fingerprint density at radius 2 is 1.76 bits per heavy atom. The zero-order chi connectivity index (χ0) is 21.4. The summed E-state index contributed by atoms with van der Waals surface area (Å²) in [5.74, 6) is -0.712. The van der Waals surface area contributed by atoms with Gasteiger partial charge in [-0.15, -0.1) is 0 Å². The molecule has 6 nitrogen and oxygen atoms in total. The van der Waals surface area contributed by atoms with Crippen LogP contribution < -0.4 is 0 Å². The molecule has 0 bridgehead atoms. The largest absolute Gasteiger partial charge is 0.384 e. The van der Waals surface area contributed by atoms with Crippen LogP contribution in [0.2, 0.25) is 0 Å². The fourth-order valence-corrected chi connectivity index (χ4v) is 3.90. The molecule has 0 aliphatic heterocycles. The lowest BCUT2D eigenvalue weighted by atomic mass is 10.1. The molecule has 8 heteroatoms. The molecule has 0 N–H and O–H groups in total. The van der Waals surface area contributed by atoms with Gasteiger partial charge in [0.15, 0.2) is 9.84 Å². The Bertz CT molecular complexity index is 915. The van der Waals surface area contributed by atoms with E-state index in [1.165, 1.54) is 43.5 Å². The minimum atomic E-state index is -3.46. The lowest BCUT2D eigenvalue weighted by molar-refractivity contribution is 0.0731. The standard InChI is InChI=1S/C21H27FN2O4S/c1-23(2)11-12-24(16-17-5-4-6-19(22)15-17)21(25)18-7-9-20(10-8-18)29(26,27)14-13-28-3/h4-10,15H,11-14,16H2,1-3H3. The van der Waals surface area contributed by atoms with Gasteiger partial charge >= 0.3 is 0 Å². The Kier molecular flexibility index (Phi) is 8.31. The molecule has 0 aliphatic carbocycles. The highest BCUT2D eigenvalue weighted by Gasteiger charge is 2.19. The van der Waals surface area contributed by atoms with Crippen molar-refractivity contribution in [3.05, 3.63) is 65.5 Å². The Hall–Kier alpha value is -2.29. The van der Waals surface area contributed by atoms with Gasteiger partial charge in [0.1, 0.15) is 5.82 Å². The van der Waals surface area contributed by atoms with Gasteiger partial charge in [-0.1, -0.05) is 12.1 Å². The van der Waals surface area contributed by atoms with E-state index in [1.807, 2.05) is 19.0 Å². The van der Waals surface area contributed by atoms with Crippen molar-refractivity contribution in [2.45, 2.75) is 11.4 Å². The van der Waals surface area contributed by atoms with E-state index in [9.17, 15) is 17.6 Å². The molecule has 0 saturated carbocycles. The number of halogens is 1. The van der Waals surface area contributed by atoms with Gasteiger partial charge in [0, 0.05) is 32.3 Å². The van der Waals surface area contributed by atoms with Gasteiger partial charge in [-0.25, -0.2) is 12.8 Å². The summed E-state index contributed by atoms with van der Waals surface area (Å²) in [4.78, 5) is 16.8. The van der Waals surface area contributed by atoms with E-state index in [-0.39, 0.29) is 35.5 Å². The van der Waals surface area contributed by atoms with Gasteiger partial charge in [-0.3, -0.25) is 4.79 Å². The van der Waals surface area contributed by atoms with Gasteiger partial charge in [-0.05, 0) is 56.1 Å². The molecule has 0 spiro atoms. The van der Waals surface area contributed by atoms with Crippen LogP contribution >= 0.6 is 0 Å². The second-order valence-electron chi connectivity index (χ2n) is 7.00. The first kappa shape index (κ1) is 23.0. The van der Waals surface area contributed by atoms with Gasteiger partial charge in [-0.2, -0.15) is 0 Å². The van der Waals surface area contributed by atoms with Crippen molar-refractivity contribution >= 4 is 15.7 Å². The number of hydrogen-bond donors (Lipinski definition) is 0. The van der Waals surface area contributed by atoms with Crippen LogP contribution in [0.4, 0.5) is 4.39 Å². The Balaban J connectivity index is 2.21. The van der Waals surface area contributed by atoms with Crippen LogP contribution in [-0.4, -0.2) is 70.8 Å². The topological polar surface area (TPSA) is 66.9 Å². The van der Waals surface area contributed by atoms with Crippen molar-refractivity contribution in [3.63, 3.8) is 0 Å². The molecule has 0 saturated heterocycles. The zero-order valence-corrected chi connectivity index (χ0v) is 17.8. The minimum absolute atomic E-state index is 0.106. The molecule has 0 fully saturated rings. The van der Waals surface area contributed by atoms with Crippen LogP contribution in [0, 0.1) is 5.82 Å². The average Bonchev–Trinajstić information content (AvgIpc) is 2.69. The molecular weight excluding hydrogens is 395 g/mol. The first-order valence-electron chi connectivity index (χ1n) is 9.23. The van der Waals surface area contributed by atoms with Crippen molar-refractivity contribution in [2.24, 2.45) is 0 Å². The molecule has 0 aliphatic rings. The van der Waals surface area contributed by atoms with E-state index in [0.717, 1.165) is 0 Å². The van der Waals surface area contributed by atoms with E-state index < -0.39 is 9.84 Å². The normalized spacial score (nSPS) is 11.6. The van der Waals surface area contributed by atoms with Crippen LogP contribution in [0.5, 0.6) is 0 Å². The molecule has 0 radical (unpaired) electrons. The monoisotopic (exact) mass is 422 g/mol. The maximum atomic E-state index is 13.5. The molecule has 0 heterocycles. The van der Waals surface area contributed by atoms with Crippen LogP contribution in [0.3, 0.4) is 0 Å². The maximum absolute atomic E-state index is 13.5. The van der Waals surface area contributed by atoms with Crippen LogP contribution in [0.15, 0.2) is 53.4 Å². The fraction of sp³-hybridized carbons (Fsp3) is 0.381. The van der Waals surface area contributed by atoms with E-state index in [1.54, 1.807) is 17.0 Å². The first-order chi connectivity index (χ1) is 13.7. The zero-order valence-electron chi connectivity index (χ0n) is 17.0. The minimum Gasteiger partial charge on any atom is -0.384 e. The van der Waals surface area contributed by atoms with Crippen LogP contribution in [0.25, 0.3) is 0 Å². The number of amides is 1. The molecule has 0 aromatic heterocycles. The summed E-state index contributed by atoms with van der Waals surface area (Å²) in [6.07, 6.45) is 0.